The van der Waals surface area contributed by atoms with E-state index in [1.807, 2.05) is 16.5 Å². The molecular formula is C31H45F3N6O4S. The number of rotatable bonds is 12. The van der Waals surface area contributed by atoms with E-state index in [9.17, 15) is 31.5 Å². The maximum Gasteiger partial charge on any atom is 0.416 e. The highest BCUT2D eigenvalue weighted by atomic mass is 32.2. The molecule has 1 amide bonds. The highest BCUT2D eigenvalue weighted by molar-refractivity contribution is 7.88. The number of amides is 1. The molecular weight excluding hydrogens is 609 g/mol. The number of carbonyl (C=O) groups is 1. The number of nitrogens with zero attached hydrogens (tertiary/aromatic N) is 5. The average Bonchev–Trinajstić information content (AvgIpc) is 3.58. The Labute approximate surface area is 263 Å². The van der Waals surface area contributed by atoms with Crippen molar-refractivity contribution in [3.63, 3.8) is 0 Å². The Morgan fingerprint density at radius 2 is 1.87 bits per heavy atom. The van der Waals surface area contributed by atoms with Crippen LogP contribution in [0.2, 0.25) is 0 Å². The van der Waals surface area contributed by atoms with Crippen molar-refractivity contribution >= 4 is 15.9 Å². The molecule has 0 saturated carbocycles. The molecule has 3 aliphatic heterocycles. The fourth-order valence-electron chi connectivity index (χ4n) is 6.89. The quantitative estimate of drug-likeness (QED) is 0.337. The normalized spacial score (nSPS) is 19.8. The molecule has 1 atom stereocenters. The number of hydrogen-bond acceptors (Lipinski definition) is 7. The number of fused-ring (bicyclic) bond motifs is 1. The maximum atomic E-state index is 13.9. The summed E-state index contributed by atoms with van der Waals surface area (Å²) in [6, 6.07) is 4.22. The lowest BCUT2D eigenvalue weighted by molar-refractivity contribution is -0.138. The predicted molar refractivity (Wildman–Crippen MR) is 164 cm³/mol. The predicted octanol–water partition coefficient (Wildman–Crippen LogP) is 3.57. The zero-order valence-corrected chi connectivity index (χ0v) is 27.0. The van der Waals surface area contributed by atoms with Crippen LogP contribution >= 0.6 is 0 Å². The van der Waals surface area contributed by atoms with E-state index in [0.29, 0.717) is 61.6 Å². The molecule has 0 radical (unpaired) electrons. The van der Waals surface area contributed by atoms with Crippen LogP contribution in [0.4, 0.5) is 13.2 Å². The maximum absolute atomic E-state index is 13.9. The fourth-order valence-corrected chi connectivity index (χ4v) is 7.67. The lowest BCUT2D eigenvalue weighted by atomic mass is 9.97. The van der Waals surface area contributed by atoms with Crippen molar-refractivity contribution in [3.8, 4) is 11.3 Å². The van der Waals surface area contributed by atoms with E-state index >= 15 is 0 Å². The molecule has 2 aromatic rings. The summed E-state index contributed by atoms with van der Waals surface area (Å²) >= 11 is 0. The van der Waals surface area contributed by atoms with Gasteiger partial charge in [0, 0.05) is 81.5 Å². The Bertz CT molecular complexity index is 1460. The van der Waals surface area contributed by atoms with Gasteiger partial charge in [-0.1, -0.05) is 19.4 Å². The Hall–Kier alpha value is -2.52. The monoisotopic (exact) mass is 654 g/mol. The van der Waals surface area contributed by atoms with Crippen molar-refractivity contribution in [1.29, 1.82) is 0 Å². The van der Waals surface area contributed by atoms with E-state index in [1.54, 1.807) is 0 Å². The number of halogens is 3. The standard InChI is InChI=1S/C31H45F3N6O4S/c1-3-6-28(41)35-20-23-19-22(8-9-26(23)31(32,33)34)30-25-21-38(45(2,43)44)18-12-27(25)40(36-30)15-5-13-37-16-10-24(11-17-37)39-14-4-7-29(39)42/h8-9,19,24,28,35,41H,3-7,10-18,20-21H2,1-2H3. The smallest absolute Gasteiger partial charge is 0.379 e. The van der Waals surface area contributed by atoms with Crippen LogP contribution in [-0.2, 0) is 47.0 Å². The summed E-state index contributed by atoms with van der Waals surface area (Å²) in [5.41, 5.74) is 1.80. The minimum atomic E-state index is -4.57. The molecule has 250 valence electrons. The Balaban J connectivity index is 1.34. The van der Waals surface area contributed by atoms with Gasteiger partial charge < -0.3 is 14.9 Å². The van der Waals surface area contributed by atoms with Crippen molar-refractivity contribution in [2.45, 2.75) is 96.4 Å². The molecule has 10 nitrogen and oxygen atoms in total. The van der Waals surface area contributed by atoms with Crippen LogP contribution in [0, 0.1) is 0 Å². The molecule has 45 heavy (non-hydrogen) atoms. The minimum Gasteiger partial charge on any atom is -0.379 e. The molecule has 2 fully saturated rings. The first-order valence-corrected chi connectivity index (χ1v) is 17.9. The van der Waals surface area contributed by atoms with Crippen LogP contribution < -0.4 is 5.32 Å². The van der Waals surface area contributed by atoms with Crippen LogP contribution in [0.1, 0.15) is 74.3 Å². The average molecular weight is 655 g/mol. The van der Waals surface area contributed by atoms with E-state index in [4.69, 9.17) is 5.10 Å². The summed E-state index contributed by atoms with van der Waals surface area (Å²) in [6.07, 6.45) is 1.57. The van der Waals surface area contributed by atoms with Crippen LogP contribution in [0.3, 0.4) is 0 Å². The second-order valence-corrected chi connectivity index (χ2v) is 14.5. The summed E-state index contributed by atoms with van der Waals surface area (Å²) in [7, 11) is -3.48. The Morgan fingerprint density at radius 1 is 1.11 bits per heavy atom. The number of alkyl halides is 3. The number of benzene rings is 1. The molecule has 2 saturated heterocycles. The van der Waals surface area contributed by atoms with Gasteiger partial charge in [0.2, 0.25) is 15.9 Å². The van der Waals surface area contributed by atoms with Crippen molar-refractivity contribution in [2.24, 2.45) is 0 Å². The number of nitrogens with one attached hydrogen (secondary N) is 1. The van der Waals surface area contributed by atoms with Gasteiger partial charge in [0.15, 0.2) is 0 Å². The largest absolute Gasteiger partial charge is 0.416 e. The number of sulfonamides is 1. The second-order valence-electron chi connectivity index (χ2n) is 12.5. The fraction of sp³-hybridized carbons (Fsp3) is 0.677. The Kier molecular flexibility index (Phi) is 10.6. The lowest BCUT2D eigenvalue weighted by Crippen LogP contribution is -2.45. The summed E-state index contributed by atoms with van der Waals surface area (Å²) in [5, 5.41) is 17.8. The number of carbonyl (C=O) groups excluding carboxylic acids is 1. The number of likely N-dealkylation sites (tertiary alicyclic amines) is 2. The summed E-state index contributed by atoms with van der Waals surface area (Å²) in [5.74, 6) is 0.271. The third kappa shape index (κ3) is 8.07. The van der Waals surface area contributed by atoms with Gasteiger partial charge in [-0.15, -0.1) is 0 Å². The van der Waals surface area contributed by atoms with E-state index in [0.717, 1.165) is 69.9 Å². The van der Waals surface area contributed by atoms with Gasteiger partial charge in [-0.25, -0.2) is 8.42 Å². The van der Waals surface area contributed by atoms with Crippen LogP contribution in [0.5, 0.6) is 0 Å². The van der Waals surface area contributed by atoms with Gasteiger partial charge in [-0.05, 0) is 56.3 Å². The van der Waals surface area contributed by atoms with Gasteiger partial charge in [0.25, 0.3) is 0 Å². The van der Waals surface area contributed by atoms with Gasteiger partial charge in [0.05, 0.1) is 17.5 Å². The number of aromatic nitrogens is 2. The molecule has 0 aliphatic carbocycles. The highest BCUT2D eigenvalue weighted by Gasteiger charge is 2.35. The molecule has 0 spiro atoms. The minimum absolute atomic E-state index is 0.00624. The zero-order chi connectivity index (χ0) is 32.4. The number of piperidine rings is 1. The molecule has 0 bridgehead atoms. The number of aryl methyl sites for hydroxylation is 1. The molecule has 5 rings (SSSR count). The number of aliphatic hydroxyl groups excluding tert-OH is 1. The second kappa shape index (κ2) is 14.1. The van der Waals surface area contributed by atoms with Crippen molar-refractivity contribution < 1.29 is 31.5 Å². The van der Waals surface area contributed by atoms with Crippen LogP contribution in [-0.4, -0.2) is 94.6 Å². The van der Waals surface area contributed by atoms with Crippen molar-refractivity contribution in [3.05, 3.63) is 40.6 Å². The first-order chi connectivity index (χ1) is 21.3. The van der Waals surface area contributed by atoms with Gasteiger partial charge >= 0.3 is 6.18 Å². The van der Waals surface area contributed by atoms with Gasteiger partial charge in [0.1, 0.15) is 6.23 Å². The molecule has 1 unspecified atom stereocenters. The van der Waals surface area contributed by atoms with E-state index in [-0.39, 0.29) is 24.6 Å². The first-order valence-electron chi connectivity index (χ1n) is 16.0. The Morgan fingerprint density at radius 3 is 2.51 bits per heavy atom. The summed E-state index contributed by atoms with van der Waals surface area (Å²) in [4.78, 5) is 16.6. The first kappa shape index (κ1) is 33.8. The van der Waals surface area contributed by atoms with Crippen LogP contribution in [0.15, 0.2) is 18.2 Å². The van der Waals surface area contributed by atoms with Gasteiger partial charge in [-0.3, -0.25) is 14.8 Å². The summed E-state index contributed by atoms with van der Waals surface area (Å²) < 4.78 is 69.9. The number of hydrogen-bond donors (Lipinski definition) is 2. The SMILES string of the molecule is CCCC(O)NCc1cc(-c2nn(CCCN3CCC(N4CCCC4=O)CC3)c3c2CN(S(C)(=O)=O)CC3)ccc1C(F)(F)F. The molecule has 2 N–H and O–H groups in total. The summed E-state index contributed by atoms with van der Waals surface area (Å²) in [6.45, 7) is 6.31. The molecule has 1 aromatic heterocycles. The third-order valence-corrected chi connectivity index (χ3v) is 10.5. The van der Waals surface area contributed by atoms with E-state index in [2.05, 4.69) is 10.2 Å². The molecule has 3 aliphatic rings. The lowest BCUT2D eigenvalue weighted by Gasteiger charge is -2.36. The van der Waals surface area contributed by atoms with Crippen LogP contribution in [0.25, 0.3) is 11.3 Å². The zero-order valence-electron chi connectivity index (χ0n) is 26.2. The number of aliphatic hydroxyl groups is 1. The molecule has 14 heteroatoms. The van der Waals surface area contributed by atoms with E-state index < -0.39 is 28.0 Å². The van der Waals surface area contributed by atoms with Crippen molar-refractivity contribution in [2.75, 3.05) is 39.0 Å². The molecule has 1 aromatic carbocycles. The third-order valence-electron chi connectivity index (χ3n) is 9.29. The topological polar surface area (TPSA) is 111 Å². The van der Waals surface area contributed by atoms with Crippen molar-refractivity contribution in [1.82, 2.24) is 29.2 Å². The molecule has 4 heterocycles. The van der Waals surface area contributed by atoms with E-state index in [1.165, 1.54) is 16.4 Å². The highest BCUT2D eigenvalue weighted by Crippen LogP contribution is 2.37. The van der Waals surface area contributed by atoms with Gasteiger partial charge in [-0.2, -0.15) is 22.6 Å².